The highest BCUT2D eigenvalue weighted by Crippen LogP contribution is 2.41. The van der Waals surface area contributed by atoms with Gasteiger partial charge in [-0.1, -0.05) is 23.7 Å². The number of fused-ring (bicyclic) bond motifs is 3. The number of aryl methyl sites for hydroxylation is 1. The summed E-state index contributed by atoms with van der Waals surface area (Å²) >= 11 is 5.33. The Labute approximate surface area is 361 Å². The number of carbonyl (C=O) groups is 3. The number of benzene rings is 2. The van der Waals surface area contributed by atoms with Gasteiger partial charge in [-0.2, -0.15) is 0 Å². The van der Waals surface area contributed by atoms with Gasteiger partial charge in [0.2, 0.25) is 11.8 Å². The molecular formula is C43H46BClF2IN6O6-. The lowest BCUT2D eigenvalue weighted by Crippen LogP contribution is -2.51. The van der Waals surface area contributed by atoms with Gasteiger partial charge < -0.3 is 51.3 Å². The van der Waals surface area contributed by atoms with Crippen LogP contribution >= 0.6 is 32.6 Å². The second-order valence-corrected chi connectivity index (χ2v) is 19.1. The van der Waals surface area contributed by atoms with Gasteiger partial charge in [0.05, 0.1) is 34.8 Å². The van der Waals surface area contributed by atoms with Crippen molar-refractivity contribution in [2.75, 3.05) is 19.8 Å². The topological polar surface area (TPSA) is 154 Å². The Balaban J connectivity index is 0.821. The van der Waals surface area contributed by atoms with Gasteiger partial charge >= 0.3 is 12.9 Å². The zero-order valence-corrected chi connectivity index (χ0v) is 36.5. The van der Waals surface area contributed by atoms with Crippen LogP contribution in [0.25, 0.3) is 28.1 Å². The van der Waals surface area contributed by atoms with Crippen LogP contribution in [0.3, 0.4) is 0 Å². The summed E-state index contributed by atoms with van der Waals surface area (Å²) in [4.78, 5) is 43.5. The molecule has 0 bridgehead atoms. The number of carboxylic acids is 1. The van der Waals surface area contributed by atoms with E-state index in [1.54, 1.807) is 54.7 Å². The predicted octanol–water partition coefficient (Wildman–Crippen LogP) is 8.47. The molecule has 2 aliphatic rings. The molecule has 0 fully saturated rings. The second kappa shape index (κ2) is 17.4. The van der Waals surface area contributed by atoms with Gasteiger partial charge in [-0.25, -0.2) is 4.79 Å². The highest BCUT2D eigenvalue weighted by molar-refractivity contribution is 14.2. The van der Waals surface area contributed by atoms with Gasteiger partial charge in [-0.3, -0.25) is 9.59 Å². The van der Waals surface area contributed by atoms with Crippen LogP contribution in [0.1, 0.15) is 74.4 Å². The number of amides is 2. The number of carboxylic acid groups (broad SMARTS) is 1. The molecule has 60 heavy (non-hydrogen) atoms. The lowest BCUT2D eigenvalue weighted by atomic mass is 9.92. The van der Waals surface area contributed by atoms with Crippen LogP contribution in [0.4, 0.5) is 8.63 Å². The van der Waals surface area contributed by atoms with E-state index in [1.807, 2.05) is 58.0 Å². The third kappa shape index (κ3) is 9.71. The average molecular weight is 954 g/mol. The van der Waals surface area contributed by atoms with E-state index in [2.05, 4.69) is 20.6 Å². The highest BCUT2D eigenvalue weighted by atomic mass is 127. The summed E-state index contributed by atoms with van der Waals surface area (Å²) in [7, 11) is 0. The van der Waals surface area contributed by atoms with Crippen molar-refractivity contribution in [2.24, 2.45) is 0 Å². The van der Waals surface area contributed by atoms with E-state index in [0.717, 1.165) is 19.2 Å². The molecule has 2 aromatic carbocycles. The van der Waals surface area contributed by atoms with Gasteiger partial charge in [-0.15, -0.1) is 0 Å². The first kappa shape index (κ1) is 42.9. The van der Waals surface area contributed by atoms with Crippen molar-refractivity contribution in [1.82, 2.24) is 28.1 Å². The van der Waals surface area contributed by atoms with E-state index < -0.39 is 45.1 Å². The van der Waals surface area contributed by atoms with Crippen molar-refractivity contribution in [3.8, 4) is 16.9 Å². The summed E-state index contributed by atoms with van der Waals surface area (Å²) in [6, 6.07) is 17.8. The molecule has 0 aliphatic carbocycles. The number of hydrogen-bond acceptors (Lipinski definition) is 6. The molecule has 12 nitrogen and oxygen atoms in total. The quantitative estimate of drug-likeness (QED) is 0.0271. The molecule has 316 valence electrons. The third-order valence-electron chi connectivity index (χ3n) is 10.3. The molecule has 2 aliphatic heterocycles. The maximum atomic E-state index is 16.1. The fraction of sp³-hybridized carbons (Fsp3) is 0.302. The molecule has 7 rings (SSSR count). The number of nitrogens with one attached hydrogen (secondary N) is 4. The van der Waals surface area contributed by atoms with Crippen LogP contribution in [0.5, 0.6) is 5.75 Å². The Morgan fingerprint density at radius 2 is 1.77 bits per heavy atom. The summed E-state index contributed by atoms with van der Waals surface area (Å²) < 4.78 is 47.4. The van der Waals surface area contributed by atoms with E-state index in [0.29, 0.717) is 50.7 Å². The number of rotatable bonds is 17. The normalized spacial score (nSPS) is 14.8. The van der Waals surface area contributed by atoms with Crippen molar-refractivity contribution < 1.29 is 37.6 Å². The fourth-order valence-electron chi connectivity index (χ4n) is 7.29. The number of hydrogen-bond donors (Lipinski definition) is 5. The number of aromatic nitrogens is 3. The Hall–Kier alpha value is -5.20. The molecule has 3 aromatic heterocycles. The summed E-state index contributed by atoms with van der Waals surface area (Å²) in [6.45, 7) is 4.11. The SMILES string of the molecule is CC(C)(CCOC(C)(C)CC(=O)NCCOc1ccc(-c2cc3c(C(=O)O)c[nH]c3cc2Cl)cc1)NC(=O)CCc1ccc2n1[B-](F)(F)N1I=C(c3ccc[nH]3)C=CC1=C2. The maximum absolute atomic E-state index is 16.1. The van der Waals surface area contributed by atoms with E-state index >= 15 is 8.63 Å². The summed E-state index contributed by atoms with van der Waals surface area (Å²) in [5.41, 5.74) is 3.06. The molecule has 0 saturated carbocycles. The van der Waals surface area contributed by atoms with E-state index in [9.17, 15) is 19.5 Å². The highest BCUT2D eigenvalue weighted by Gasteiger charge is 2.42. The first-order valence-electron chi connectivity index (χ1n) is 19.6. The van der Waals surface area contributed by atoms with Crippen LogP contribution in [0.2, 0.25) is 5.02 Å². The molecule has 0 atom stereocenters. The molecule has 5 N–H and O–H groups in total. The first-order chi connectivity index (χ1) is 28.5. The molecule has 5 aromatic rings. The largest absolute Gasteiger partial charge is 0.537 e. The number of aromatic amines is 2. The lowest BCUT2D eigenvalue weighted by Gasteiger charge is -2.45. The number of H-pyrrole nitrogens is 2. The summed E-state index contributed by atoms with van der Waals surface area (Å²) in [6.07, 6.45) is 9.44. The van der Waals surface area contributed by atoms with Gasteiger partial charge in [-0.05, 0) is 140 Å². The minimum Gasteiger partial charge on any atom is -0.492 e. The van der Waals surface area contributed by atoms with Crippen LogP contribution in [0, 0.1) is 0 Å². The van der Waals surface area contributed by atoms with Crippen molar-refractivity contribution in [3.63, 3.8) is 0 Å². The summed E-state index contributed by atoms with van der Waals surface area (Å²) in [5.74, 6) is -0.886. The monoisotopic (exact) mass is 953 g/mol. The molecule has 0 radical (unpaired) electrons. The summed E-state index contributed by atoms with van der Waals surface area (Å²) in [5, 5.41) is 16.4. The molecular weight excluding hydrogens is 908 g/mol. The zero-order valence-electron chi connectivity index (χ0n) is 33.6. The molecule has 0 unspecified atom stereocenters. The fourth-order valence-corrected chi connectivity index (χ4v) is 10.2. The first-order valence-corrected chi connectivity index (χ1v) is 22.0. The van der Waals surface area contributed by atoms with Crippen LogP contribution < -0.4 is 15.4 Å². The van der Waals surface area contributed by atoms with Gasteiger partial charge in [0.25, 0.3) is 0 Å². The van der Waals surface area contributed by atoms with Crippen LogP contribution in [-0.2, 0) is 20.7 Å². The number of carbonyl (C=O) groups excluding carboxylic acids is 2. The maximum Gasteiger partial charge on any atom is 0.537 e. The van der Waals surface area contributed by atoms with E-state index in [4.69, 9.17) is 21.1 Å². The lowest BCUT2D eigenvalue weighted by molar-refractivity contribution is -0.127. The van der Waals surface area contributed by atoms with Crippen LogP contribution in [-0.4, -0.2) is 81.7 Å². The number of aromatic carboxylic acids is 1. The Morgan fingerprint density at radius 3 is 2.50 bits per heavy atom. The third-order valence-corrected chi connectivity index (χ3v) is 13.9. The van der Waals surface area contributed by atoms with Crippen molar-refractivity contribution in [1.29, 1.82) is 0 Å². The molecule has 5 heterocycles. The predicted molar refractivity (Wildman–Crippen MR) is 240 cm³/mol. The average Bonchev–Trinajstić information content (AvgIpc) is 3.96. The van der Waals surface area contributed by atoms with Gasteiger partial charge in [0, 0.05) is 62.3 Å². The van der Waals surface area contributed by atoms with Gasteiger partial charge in [0.1, 0.15) is 12.4 Å². The molecule has 2 amide bonds. The Morgan fingerprint density at radius 1 is 0.983 bits per heavy atom. The minimum atomic E-state index is -4.09. The Bertz CT molecular complexity index is 2510. The Kier molecular flexibility index (Phi) is 12.5. The van der Waals surface area contributed by atoms with E-state index in [1.165, 1.54) is 9.22 Å². The number of allylic oxidation sites excluding steroid dienone is 2. The van der Waals surface area contributed by atoms with Crippen molar-refractivity contribution in [2.45, 2.75) is 64.5 Å². The number of halogens is 4. The second-order valence-electron chi connectivity index (χ2n) is 16.0. The smallest absolute Gasteiger partial charge is 0.492 e. The number of ether oxygens (including phenoxy) is 2. The molecule has 0 spiro atoms. The van der Waals surface area contributed by atoms with Crippen LogP contribution in [0.15, 0.2) is 90.9 Å². The van der Waals surface area contributed by atoms with Gasteiger partial charge in [0.15, 0.2) is 0 Å². The molecule has 17 heteroatoms. The van der Waals surface area contributed by atoms with Crippen molar-refractivity contribution >= 4 is 77.8 Å². The standard InChI is InChI=1S/C43H46BClF2IN6O6/c1-42(2,52-39(55)16-12-28-9-10-29-22-30-11-15-36(37-6-5-18-49-37)48-54(30)44(46,47)53(28)29)17-20-60-43(3,4)25-40(56)50-19-21-59-31-13-7-27(8-14-31)32-23-33-34(41(57)58)26-51-38(33)24-35(32)45/h5-11,13-15,18,22-24,26,49,51H,12,16-17,19-21,25H2,1-4H3,(H,50,56)(H,52,55)(H,57,58)/q-1. The molecule has 0 saturated heterocycles. The number of nitrogens with zero attached hydrogens (tertiary/aromatic N) is 2. The van der Waals surface area contributed by atoms with E-state index in [-0.39, 0.29) is 56.4 Å². The van der Waals surface area contributed by atoms with Crippen molar-refractivity contribution in [3.05, 3.63) is 119 Å². The zero-order chi connectivity index (χ0) is 42.8. The minimum absolute atomic E-state index is 0.0446.